The molecule has 0 aromatic heterocycles. The first-order valence-corrected chi connectivity index (χ1v) is 6.23. The molecule has 0 aliphatic heterocycles. The standard InChI is InChI=1S/C10H23NOS/c1-5-10(12)7-11(4)9(3)8-13-6-2/h9-10,12H,5-8H2,1-4H3/t9?,10-/m1/s1. The van der Waals surface area contributed by atoms with Crippen molar-refractivity contribution in [3.8, 4) is 0 Å². The quantitative estimate of drug-likeness (QED) is 0.686. The van der Waals surface area contributed by atoms with Gasteiger partial charge >= 0.3 is 0 Å². The largest absolute Gasteiger partial charge is 0.392 e. The van der Waals surface area contributed by atoms with Crippen LogP contribution in [0.4, 0.5) is 0 Å². The van der Waals surface area contributed by atoms with Gasteiger partial charge in [0.25, 0.3) is 0 Å². The van der Waals surface area contributed by atoms with E-state index in [1.54, 1.807) is 0 Å². The molecule has 0 saturated heterocycles. The van der Waals surface area contributed by atoms with Crippen LogP contribution in [-0.2, 0) is 0 Å². The van der Waals surface area contributed by atoms with Crippen LogP contribution in [0.5, 0.6) is 0 Å². The van der Waals surface area contributed by atoms with E-state index in [2.05, 4.69) is 25.8 Å². The second kappa shape index (κ2) is 7.65. The molecule has 80 valence electrons. The topological polar surface area (TPSA) is 23.5 Å². The van der Waals surface area contributed by atoms with Crippen LogP contribution in [0, 0.1) is 0 Å². The first kappa shape index (κ1) is 13.3. The summed E-state index contributed by atoms with van der Waals surface area (Å²) in [5.74, 6) is 2.33. The Morgan fingerprint density at radius 1 is 1.38 bits per heavy atom. The molecule has 1 unspecified atom stereocenters. The van der Waals surface area contributed by atoms with E-state index >= 15 is 0 Å². The fourth-order valence-electron chi connectivity index (χ4n) is 1.06. The fourth-order valence-corrected chi connectivity index (χ4v) is 1.89. The number of nitrogens with zero attached hydrogens (tertiary/aromatic N) is 1. The molecule has 0 fully saturated rings. The van der Waals surface area contributed by atoms with Gasteiger partial charge in [-0.05, 0) is 26.1 Å². The molecule has 2 atom stereocenters. The van der Waals surface area contributed by atoms with Gasteiger partial charge in [-0.1, -0.05) is 13.8 Å². The summed E-state index contributed by atoms with van der Waals surface area (Å²) in [6.45, 7) is 7.20. The molecule has 0 bridgehead atoms. The van der Waals surface area contributed by atoms with Gasteiger partial charge in [-0.25, -0.2) is 0 Å². The van der Waals surface area contributed by atoms with Crippen LogP contribution in [0.3, 0.4) is 0 Å². The molecule has 13 heavy (non-hydrogen) atoms. The van der Waals surface area contributed by atoms with E-state index in [0.717, 1.165) is 18.7 Å². The van der Waals surface area contributed by atoms with E-state index in [-0.39, 0.29) is 6.10 Å². The minimum Gasteiger partial charge on any atom is -0.392 e. The Kier molecular flexibility index (Phi) is 7.81. The van der Waals surface area contributed by atoms with Gasteiger partial charge < -0.3 is 10.0 Å². The first-order chi connectivity index (χ1) is 6.11. The Balaban J connectivity index is 3.61. The third kappa shape index (κ3) is 6.36. The highest BCUT2D eigenvalue weighted by Gasteiger charge is 2.11. The summed E-state index contributed by atoms with van der Waals surface area (Å²) in [6.07, 6.45) is 0.678. The van der Waals surface area contributed by atoms with Crippen molar-refractivity contribution in [3.63, 3.8) is 0 Å². The summed E-state index contributed by atoms with van der Waals surface area (Å²) in [4.78, 5) is 2.23. The van der Waals surface area contributed by atoms with E-state index in [4.69, 9.17) is 0 Å². The number of hydrogen-bond donors (Lipinski definition) is 1. The first-order valence-electron chi connectivity index (χ1n) is 5.07. The minimum atomic E-state index is -0.168. The lowest BCUT2D eigenvalue weighted by Gasteiger charge is -2.26. The molecule has 0 aliphatic carbocycles. The third-order valence-electron chi connectivity index (χ3n) is 2.29. The maximum absolute atomic E-state index is 9.45. The summed E-state index contributed by atoms with van der Waals surface area (Å²) in [5, 5.41) is 9.45. The van der Waals surface area contributed by atoms with Gasteiger partial charge in [0.1, 0.15) is 0 Å². The second-order valence-electron chi connectivity index (χ2n) is 3.51. The average Bonchev–Trinajstić information content (AvgIpc) is 2.13. The van der Waals surface area contributed by atoms with E-state index in [1.807, 2.05) is 18.7 Å². The Morgan fingerprint density at radius 3 is 2.46 bits per heavy atom. The molecule has 0 saturated carbocycles. The van der Waals surface area contributed by atoms with Crippen LogP contribution < -0.4 is 0 Å². The van der Waals surface area contributed by atoms with E-state index in [0.29, 0.717) is 6.04 Å². The molecule has 2 nitrogen and oxygen atoms in total. The molecule has 0 rings (SSSR count). The molecular weight excluding hydrogens is 182 g/mol. The van der Waals surface area contributed by atoms with Crippen LogP contribution >= 0.6 is 11.8 Å². The predicted octanol–water partition coefficient (Wildman–Crippen LogP) is 1.83. The van der Waals surface area contributed by atoms with Crippen molar-refractivity contribution in [2.75, 3.05) is 25.1 Å². The highest BCUT2D eigenvalue weighted by molar-refractivity contribution is 7.99. The number of hydrogen-bond acceptors (Lipinski definition) is 3. The third-order valence-corrected chi connectivity index (χ3v) is 3.41. The van der Waals surface area contributed by atoms with Crippen LogP contribution in [-0.4, -0.2) is 47.3 Å². The lowest BCUT2D eigenvalue weighted by molar-refractivity contribution is 0.109. The molecule has 0 aromatic carbocycles. The fraction of sp³-hybridized carbons (Fsp3) is 1.00. The van der Waals surface area contributed by atoms with Gasteiger partial charge in [-0.2, -0.15) is 11.8 Å². The zero-order valence-corrected chi connectivity index (χ0v) is 10.1. The Bertz CT molecular complexity index is 121. The van der Waals surface area contributed by atoms with Crippen LogP contribution in [0.1, 0.15) is 27.2 Å². The molecule has 0 radical (unpaired) electrons. The van der Waals surface area contributed by atoms with Gasteiger partial charge in [0.15, 0.2) is 0 Å². The van der Waals surface area contributed by atoms with E-state index < -0.39 is 0 Å². The van der Waals surface area contributed by atoms with Crippen molar-refractivity contribution in [1.82, 2.24) is 4.90 Å². The zero-order chi connectivity index (χ0) is 10.3. The Morgan fingerprint density at radius 2 is 2.00 bits per heavy atom. The van der Waals surface area contributed by atoms with Crippen LogP contribution in [0.25, 0.3) is 0 Å². The average molecular weight is 205 g/mol. The monoisotopic (exact) mass is 205 g/mol. The number of aliphatic hydroxyl groups excluding tert-OH is 1. The normalized spacial score (nSPS) is 16.2. The van der Waals surface area contributed by atoms with E-state index in [1.165, 1.54) is 5.75 Å². The van der Waals surface area contributed by atoms with Gasteiger partial charge in [0.2, 0.25) is 0 Å². The van der Waals surface area contributed by atoms with Crippen LogP contribution in [0.15, 0.2) is 0 Å². The second-order valence-corrected chi connectivity index (χ2v) is 4.83. The number of likely N-dealkylation sites (N-methyl/N-ethyl adjacent to an activating group) is 1. The van der Waals surface area contributed by atoms with Crippen molar-refractivity contribution in [3.05, 3.63) is 0 Å². The SMILES string of the molecule is CCSCC(C)N(C)C[C@H](O)CC. The van der Waals surface area contributed by atoms with Crippen molar-refractivity contribution in [2.24, 2.45) is 0 Å². The summed E-state index contributed by atoms with van der Waals surface area (Å²) in [7, 11) is 2.08. The van der Waals surface area contributed by atoms with Crippen molar-refractivity contribution < 1.29 is 5.11 Å². The summed E-state index contributed by atoms with van der Waals surface area (Å²) < 4.78 is 0. The lowest BCUT2D eigenvalue weighted by Crippen LogP contribution is -2.37. The number of aliphatic hydroxyl groups is 1. The number of thioether (sulfide) groups is 1. The van der Waals surface area contributed by atoms with Gasteiger partial charge in [-0.15, -0.1) is 0 Å². The molecule has 0 aromatic rings. The molecule has 0 amide bonds. The summed E-state index contributed by atoms with van der Waals surface area (Å²) in [6, 6.07) is 0.561. The molecule has 0 heterocycles. The molecule has 3 heteroatoms. The van der Waals surface area contributed by atoms with Gasteiger partial charge in [0.05, 0.1) is 6.10 Å². The van der Waals surface area contributed by atoms with Crippen LogP contribution in [0.2, 0.25) is 0 Å². The van der Waals surface area contributed by atoms with Crippen molar-refractivity contribution in [2.45, 2.75) is 39.3 Å². The summed E-state index contributed by atoms with van der Waals surface area (Å²) >= 11 is 1.96. The van der Waals surface area contributed by atoms with Gasteiger partial charge in [-0.3, -0.25) is 0 Å². The molecule has 0 spiro atoms. The minimum absolute atomic E-state index is 0.168. The molecule has 1 N–H and O–H groups in total. The van der Waals surface area contributed by atoms with Crippen molar-refractivity contribution >= 4 is 11.8 Å². The van der Waals surface area contributed by atoms with Crippen molar-refractivity contribution in [1.29, 1.82) is 0 Å². The number of rotatable bonds is 7. The smallest absolute Gasteiger partial charge is 0.0664 e. The maximum atomic E-state index is 9.45. The summed E-state index contributed by atoms with van der Waals surface area (Å²) in [5.41, 5.74) is 0. The highest BCUT2D eigenvalue weighted by atomic mass is 32.2. The maximum Gasteiger partial charge on any atom is 0.0664 e. The lowest BCUT2D eigenvalue weighted by atomic mass is 10.2. The highest BCUT2D eigenvalue weighted by Crippen LogP contribution is 2.07. The zero-order valence-electron chi connectivity index (χ0n) is 9.29. The van der Waals surface area contributed by atoms with Gasteiger partial charge in [0, 0.05) is 18.3 Å². The predicted molar refractivity (Wildman–Crippen MR) is 61.4 cm³/mol. The molecule has 0 aliphatic rings. The molecular formula is C10H23NOS. The Hall–Kier alpha value is 0.270. The van der Waals surface area contributed by atoms with E-state index in [9.17, 15) is 5.11 Å². The Labute approximate surface area is 86.7 Å².